The van der Waals surface area contributed by atoms with E-state index in [1.807, 2.05) is 6.92 Å². The number of allylic oxidation sites excluding steroid dienone is 1. The van der Waals surface area contributed by atoms with Crippen molar-refractivity contribution in [1.82, 2.24) is 0 Å². The summed E-state index contributed by atoms with van der Waals surface area (Å²) in [6.07, 6.45) is 4.79. The fraction of sp³-hybridized carbons (Fsp3) is 0.560. The molecule has 158 valence electrons. The normalized spacial score (nSPS) is 17.0. The van der Waals surface area contributed by atoms with Gasteiger partial charge in [0.2, 0.25) is 0 Å². The van der Waals surface area contributed by atoms with Crippen molar-refractivity contribution in [3.05, 3.63) is 34.9 Å². The Labute approximate surface area is 182 Å². The van der Waals surface area contributed by atoms with Gasteiger partial charge in [0.05, 0.1) is 0 Å². The number of esters is 1. The predicted molar refractivity (Wildman–Crippen MR) is 121 cm³/mol. The monoisotopic (exact) mass is 462 g/mol. The van der Waals surface area contributed by atoms with Crippen LogP contribution < -0.4 is 9.20 Å². The molecule has 0 N–H and O–H groups in total. The van der Waals surface area contributed by atoms with Crippen LogP contribution in [-0.2, 0) is 20.4 Å². The Morgan fingerprint density at radius 2 is 1.86 bits per heavy atom. The molecule has 0 fully saturated rings. The van der Waals surface area contributed by atoms with Gasteiger partial charge in [-0.25, -0.2) is 0 Å². The molecule has 0 saturated heterocycles. The molecule has 0 heterocycles. The topological polar surface area (TPSA) is 35.5 Å². The average Bonchev–Trinajstić information content (AvgIpc) is 2.63. The van der Waals surface area contributed by atoms with E-state index in [0.717, 1.165) is 30.8 Å². The minimum atomic E-state index is -0.334. The molecule has 0 aromatic heterocycles. The van der Waals surface area contributed by atoms with Gasteiger partial charge in [0, 0.05) is 0 Å². The van der Waals surface area contributed by atoms with Crippen molar-refractivity contribution in [2.45, 2.75) is 78.6 Å². The summed E-state index contributed by atoms with van der Waals surface area (Å²) in [4.78, 5) is 14.8. The number of hydrogen-bond acceptors (Lipinski definition) is 3. The van der Waals surface area contributed by atoms with Crippen LogP contribution in [0.15, 0.2) is 23.8 Å². The van der Waals surface area contributed by atoms with Gasteiger partial charge in [-0.3, -0.25) is 0 Å². The zero-order valence-corrected chi connectivity index (χ0v) is 20.6. The number of fused-ring (bicyclic) bond motifs is 1. The Kier molecular flexibility index (Phi) is 8.03. The molecule has 0 atom stereocenters. The number of rotatable bonds is 6. The van der Waals surface area contributed by atoms with E-state index in [-0.39, 0.29) is 31.8 Å². The summed E-state index contributed by atoms with van der Waals surface area (Å²) in [5.41, 5.74) is 3.75. The van der Waals surface area contributed by atoms with E-state index in [9.17, 15) is 4.79 Å². The molecule has 1 aromatic carbocycles. The van der Waals surface area contributed by atoms with Gasteiger partial charge in [-0.2, -0.15) is 0 Å². The van der Waals surface area contributed by atoms with Gasteiger partial charge >= 0.3 is 183 Å². The molecule has 0 unspecified atom stereocenters. The zero-order valence-electron chi connectivity index (χ0n) is 18.9. The number of ether oxygens (including phenoxy) is 2. The van der Waals surface area contributed by atoms with Crippen LogP contribution in [0.1, 0.15) is 78.9 Å². The van der Waals surface area contributed by atoms with Crippen LogP contribution >= 0.6 is 0 Å². The molecular formula is C25H34O3Se. The summed E-state index contributed by atoms with van der Waals surface area (Å²) < 4.78 is 12.4. The summed E-state index contributed by atoms with van der Waals surface area (Å²) in [6, 6.07) is 4.53. The van der Waals surface area contributed by atoms with E-state index < -0.39 is 0 Å². The van der Waals surface area contributed by atoms with Gasteiger partial charge in [-0.05, 0) is 0 Å². The first kappa shape index (κ1) is 23.6. The second kappa shape index (κ2) is 9.88. The van der Waals surface area contributed by atoms with Crippen molar-refractivity contribution in [2.75, 3.05) is 13.2 Å². The molecule has 0 saturated carbocycles. The van der Waals surface area contributed by atoms with Crippen molar-refractivity contribution in [3.63, 3.8) is 0 Å². The van der Waals surface area contributed by atoms with E-state index >= 15 is 0 Å². The summed E-state index contributed by atoms with van der Waals surface area (Å²) in [5, 5.41) is 0. The van der Waals surface area contributed by atoms with Gasteiger partial charge in [0.1, 0.15) is 0 Å². The zero-order chi connectivity index (χ0) is 21.7. The van der Waals surface area contributed by atoms with Crippen LogP contribution in [0.4, 0.5) is 0 Å². The second-order valence-corrected chi connectivity index (χ2v) is 10.7. The number of carbonyl (C=O) groups is 1. The van der Waals surface area contributed by atoms with Crippen molar-refractivity contribution < 1.29 is 14.3 Å². The summed E-state index contributed by atoms with van der Waals surface area (Å²) >= 11 is -0.0131. The molecule has 1 aliphatic rings. The predicted octanol–water partition coefficient (Wildman–Crippen LogP) is 4.62. The first-order valence-corrected chi connectivity index (χ1v) is 12.2. The van der Waals surface area contributed by atoms with Crippen LogP contribution in [0.2, 0.25) is 0 Å². The third-order valence-corrected chi connectivity index (χ3v) is 6.77. The maximum atomic E-state index is 11.5. The van der Waals surface area contributed by atoms with Gasteiger partial charge in [-0.15, -0.1) is 0 Å². The van der Waals surface area contributed by atoms with E-state index in [1.54, 1.807) is 6.92 Å². The number of benzene rings is 1. The summed E-state index contributed by atoms with van der Waals surface area (Å²) in [7, 11) is 0. The minimum absolute atomic E-state index is 0.0131. The maximum absolute atomic E-state index is 11.5. The Morgan fingerprint density at radius 3 is 2.52 bits per heavy atom. The third kappa shape index (κ3) is 6.14. The van der Waals surface area contributed by atoms with E-state index in [2.05, 4.69) is 57.5 Å². The van der Waals surface area contributed by atoms with Crippen LogP contribution in [0.5, 0.6) is 5.75 Å². The Bertz CT molecular complexity index is 838. The molecular weight excluding hydrogens is 427 g/mol. The van der Waals surface area contributed by atoms with Crippen molar-refractivity contribution in [2.24, 2.45) is 0 Å². The SMILES string of the molecule is CCCOc1cc([Se]C#C/C(C)=C/C(=O)OCC)cc2c1C(C)(C)CCC2(C)C. The average molecular weight is 462 g/mol. The quantitative estimate of drug-likeness (QED) is 0.268. The van der Waals surface area contributed by atoms with Crippen LogP contribution in [0.25, 0.3) is 0 Å². The van der Waals surface area contributed by atoms with Crippen molar-refractivity contribution in [1.29, 1.82) is 0 Å². The molecule has 4 heteroatoms. The van der Waals surface area contributed by atoms with E-state index in [0.29, 0.717) is 6.61 Å². The number of hydrogen-bond donors (Lipinski definition) is 0. The molecule has 29 heavy (non-hydrogen) atoms. The molecule has 0 amide bonds. The molecule has 3 nitrogen and oxygen atoms in total. The second-order valence-electron chi connectivity index (χ2n) is 8.87. The molecule has 1 aromatic rings. The Hall–Kier alpha value is -1.69. The van der Waals surface area contributed by atoms with Gasteiger partial charge < -0.3 is 0 Å². The molecule has 0 bridgehead atoms. The fourth-order valence-electron chi connectivity index (χ4n) is 3.65. The summed E-state index contributed by atoms with van der Waals surface area (Å²) in [6.45, 7) is 16.2. The number of carbonyl (C=O) groups excluding carboxylic acids is 1. The molecule has 1 aliphatic carbocycles. The van der Waals surface area contributed by atoms with Crippen LogP contribution in [0, 0.1) is 10.7 Å². The van der Waals surface area contributed by atoms with Crippen LogP contribution in [-0.4, -0.2) is 34.1 Å². The Morgan fingerprint density at radius 1 is 1.17 bits per heavy atom. The van der Waals surface area contributed by atoms with Gasteiger partial charge in [0.15, 0.2) is 0 Å². The molecule has 0 radical (unpaired) electrons. The fourth-order valence-corrected chi connectivity index (χ4v) is 5.06. The molecule has 2 rings (SSSR count). The van der Waals surface area contributed by atoms with Crippen LogP contribution in [0.3, 0.4) is 0 Å². The molecule has 0 aliphatic heterocycles. The molecule has 0 spiro atoms. The van der Waals surface area contributed by atoms with Gasteiger partial charge in [0.25, 0.3) is 0 Å². The van der Waals surface area contributed by atoms with Crippen molar-refractivity contribution in [3.8, 4) is 16.5 Å². The first-order valence-electron chi connectivity index (χ1n) is 10.5. The van der Waals surface area contributed by atoms with Crippen molar-refractivity contribution >= 4 is 25.4 Å². The first-order chi connectivity index (χ1) is 13.6. The standard InChI is InChI=1S/C25H34O3Se/c1-8-13-28-21-17-19(29-14-10-18(3)15-22(26)27-9-2)16-20-23(21)25(6,7)12-11-24(20,4)5/h15-17H,8-9,11-13H2,1-7H3/b18-15+. The third-order valence-electron chi connectivity index (χ3n) is 5.36. The Balaban J connectivity index is 2.38. The summed E-state index contributed by atoms with van der Waals surface area (Å²) in [5.74, 6) is 3.79. The van der Waals surface area contributed by atoms with E-state index in [1.165, 1.54) is 28.1 Å². The van der Waals surface area contributed by atoms with E-state index in [4.69, 9.17) is 9.47 Å². The van der Waals surface area contributed by atoms with Gasteiger partial charge in [-0.1, -0.05) is 0 Å².